The van der Waals surface area contributed by atoms with Gasteiger partial charge in [0.05, 0.1) is 16.3 Å². The number of thiophene rings is 1. The van der Waals surface area contributed by atoms with Crippen molar-refractivity contribution in [1.82, 2.24) is 9.88 Å². The van der Waals surface area contributed by atoms with Gasteiger partial charge in [0.1, 0.15) is 5.69 Å². The summed E-state index contributed by atoms with van der Waals surface area (Å²) >= 11 is 1.69. The lowest BCUT2D eigenvalue weighted by atomic mass is 9.87. The van der Waals surface area contributed by atoms with Crippen LogP contribution in [0.4, 0.5) is 0 Å². The number of aromatic nitrogens is 1. The molecule has 4 heteroatoms. The van der Waals surface area contributed by atoms with Crippen molar-refractivity contribution in [3.63, 3.8) is 0 Å². The van der Waals surface area contributed by atoms with Gasteiger partial charge in [-0.2, -0.15) is 0 Å². The zero-order valence-corrected chi connectivity index (χ0v) is 14.0. The molecular weight excluding hydrogens is 304 g/mol. The SMILES string of the molecule is CCn1c(C(=O)NC2CCCc3ccccc32)cc2sccc21. The summed E-state index contributed by atoms with van der Waals surface area (Å²) in [5, 5.41) is 5.34. The first-order valence-electron chi connectivity index (χ1n) is 8.23. The molecule has 0 aliphatic heterocycles. The van der Waals surface area contributed by atoms with Crippen LogP contribution in [0.1, 0.15) is 47.4 Å². The highest BCUT2D eigenvalue weighted by atomic mass is 32.1. The van der Waals surface area contributed by atoms with Crippen molar-refractivity contribution in [1.29, 1.82) is 0 Å². The quantitative estimate of drug-likeness (QED) is 0.754. The monoisotopic (exact) mass is 324 g/mol. The van der Waals surface area contributed by atoms with Crippen molar-refractivity contribution in [3.05, 3.63) is 58.6 Å². The molecule has 1 aromatic carbocycles. The Hall–Kier alpha value is -2.07. The Bertz CT molecular complexity index is 861. The van der Waals surface area contributed by atoms with Crippen LogP contribution in [0.3, 0.4) is 0 Å². The molecule has 0 fully saturated rings. The van der Waals surface area contributed by atoms with Gasteiger partial charge in [-0.1, -0.05) is 24.3 Å². The Morgan fingerprint density at radius 3 is 3.09 bits per heavy atom. The Labute approximate surface area is 139 Å². The highest BCUT2D eigenvalue weighted by Crippen LogP contribution is 2.30. The number of carbonyl (C=O) groups excluding carboxylic acids is 1. The van der Waals surface area contributed by atoms with E-state index in [0.717, 1.165) is 37.0 Å². The van der Waals surface area contributed by atoms with E-state index >= 15 is 0 Å². The van der Waals surface area contributed by atoms with Crippen LogP contribution in [0.15, 0.2) is 41.8 Å². The molecule has 2 aromatic heterocycles. The Morgan fingerprint density at radius 1 is 1.35 bits per heavy atom. The average molecular weight is 324 g/mol. The van der Waals surface area contributed by atoms with Gasteiger partial charge in [-0.15, -0.1) is 11.3 Å². The number of hydrogen-bond acceptors (Lipinski definition) is 2. The van der Waals surface area contributed by atoms with Gasteiger partial charge in [0.25, 0.3) is 5.91 Å². The van der Waals surface area contributed by atoms with Gasteiger partial charge >= 0.3 is 0 Å². The lowest BCUT2D eigenvalue weighted by molar-refractivity contribution is 0.0924. The first-order chi connectivity index (χ1) is 11.3. The number of rotatable bonds is 3. The number of amides is 1. The molecule has 0 radical (unpaired) electrons. The van der Waals surface area contributed by atoms with Gasteiger partial charge in [-0.3, -0.25) is 4.79 Å². The van der Waals surface area contributed by atoms with Crippen LogP contribution < -0.4 is 5.32 Å². The number of aryl methyl sites for hydroxylation is 2. The van der Waals surface area contributed by atoms with E-state index in [9.17, 15) is 4.79 Å². The summed E-state index contributed by atoms with van der Waals surface area (Å²) < 4.78 is 3.29. The Kier molecular flexibility index (Phi) is 3.69. The van der Waals surface area contributed by atoms with Crippen molar-refractivity contribution in [2.75, 3.05) is 0 Å². The third kappa shape index (κ3) is 2.47. The molecule has 23 heavy (non-hydrogen) atoms. The summed E-state index contributed by atoms with van der Waals surface area (Å²) in [6.45, 7) is 2.90. The van der Waals surface area contributed by atoms with E-state index in [4.69, 9.17) is 0 Å². The summed E-state index contributed by atoms with van der Waals surface area (Å²) in [5.41, 5.74) is 4.59. The third-order valence-corrected chi connectivity index (χ3v) is 5.60. The van der Waals surface area contributed by atoms with Gasteiger partial charge in [-0.05, 0) is 54.8 Å². The fourth-order valence-electron chi connectivity index (χ4n) is 3.64. The van der Waals surface area contributed by atoms with E-state index in [-0.39, 0.29) is 11.9 Å². The molecule has 1 aliphatic rings. The van der Waals surface area contributed by atoms with Crippen LogP contribution in [0, 0.1) is 0 Å². The molecule has 4 rings (SSSR count). The zero-order valence-electron chi connectivity index (χ0n) is 13.2. The van der Waals surface area contributed by atoms with Crippen molar-refractivity contribution in [2.24, 2.45) is 0 Å². The van der Waals surface area contributed by atoms with Crippen molar-refractivity contribution < 1.29 is 4.79 Å². The van der Waals surface area contributed by atoms with E-state index in [1.165, 1.54) is 15.8 Å². The van der Waals surface area contributed by atoms with Gasteiger partial charge in [0.2, 0.25) is 0 Å². The van der Waals surface area contributed by atoms with Crippen LogP contribution in [-0.4, -0.2) is 10.5 Å². The van der Waals surface area contributed by atoms with Gasteiger partial charge in [0, 0.05) is 6.54 Å². The molecule has 0 saturated carbocycles. The molecule has 0 saturated heterocycles. The molecule has 0 bridgehead atoms. The summed E-state index contributed by atoms with van der Waals surface area (Å²) in [4.78, 5) is 12.8. The van der Waals surface area contributed by atoms with Gasteiger partial charge < -0.3 is 9.88 Å². The maximum absolute atomic E-state index is 12.8. The van der Waals surface area contributed by atoms with E-state index in [0.29, 0.717) is 0 Å². The molecule has 1 amide bonds. The second-order valence-corrected chi connectivity index (χ2v) is 7.01. The Balaban J connectivity index is 1.64. The minimum absolute atomic E-state index is 0.0388. The number of hydrogen-bond donors (Lipinski definition) is 1. The van der Waals surface area contributed by atoms with Crippen molar-refractivity contribution >= 4 is 27.5 Å². The van der Waals surface area contributed by atoms with Crippen molar-refractivity contribution in [3.8, 4) is 0 Å². The van der Waals surface area contributed by atoms with E-state index in [1.54, 1.807) is 11.3 Å². The molecule has 1 N–H and O–H groups in total. The zero-order chi connectivity index (χ0) is 15.8. The number of nitrogens with one attached hydrogen (secondary N) is 1. The summed E-state index contributed by atoms with van der Waals surface area (Å²) in [6.07, 6.45) is 3.26. The lowest BCUT2D eigenvalue weighted by Crippen LogP contribution is -2.32. The van der Waals surface area contributed by atoms with E-state index in [1.807, 2.05) is 6.07 Å². The van der Waals surface area contributed by atoms with Crippen LogP contribution in [0.2, 0.25) is 0 Å². The van der Waals surface area contributed by atoms with E-state index < -0.39 is 0 Å². The fraction of sp³-hybridized carbons (Fsp3) is 0.316. The normalized spacial score (nSPS) is 17.2. The van der Waals surface area contributed by atoms with Crippen molar-refractivity contribution in [2.45, 2.75) is 38.8 Å². The van der Waals surface area contributed by atoms with Gasteiger partial charge in [0.15, 0.2) is 0 Å². The van der Waals surface area contributed by atoms with Crippen LogP contribution in [0.5, 0.6) is 0 Å². The molecule has 2 heterocycles. The minimum atomic E-state index is 0.0388. The number of fused-ring (bicyclic) bond motifs is 2. The topological polar surface area (TPSA) is 34.0 Å². The lowest BCUT2D eigenvalue weighted by Gasteiger charge is -2.26. The predicted octanol–water partition coefficient (Wildman–Crippen LogP) is 4.53. The van der Waals surface area contributed by atoms with Crippen LogP contribution in [0.25, 0.3) is 10.2 Å². The summed E-state index contributed by atoms with van der Waals surface area (Å²) in [6, 6.07) is 12.7. The molecule has 1 unspecified atom stereocenters. The molecule has 1 atom stereocenters. The first-order valence-corrected chi connectivity index (χ1v) is 9.11. The smallest absolute Gasteiger partial charge is 0.268 e. The number of carbonyl (C=O) groups is 1. The van der Waals surface area contributed by atoms with Crippen LogP contribution >= 0.6 is 11.3 Å². The highest BCUT2D eigenvalue weighted by Gasteiger charge is 2.23. The standard InChI is InChI=1S/C19H20N2OS/c1-2-21-16-10-11-23-18(16)12-17(21)19(22)20-15-9-5-7-13-6-3-4-8-14(13)15/h3-4,6,8,10-12,15H,2,5,7,9H2,1H3,(H,20,22). The molecule has 0 spiro atoms. The molecule has 3 nitrogen and oxygen atoms in total. The minimum Gasteiger partial charge on any atom is -0.344 e. The highest BCUT2D eigenvalue weighted by molar-refractivity contribution is 7.17. The molecule has 1 aliphatic carbocycles. The summed E-state index contributed by atoms with van der Waals surface area (Å²) in [5.74, 6) is 0.0388. The van der Waals surface area contributed by atoms with Gasteiger partial charge in [-0.25, -0.2) is 0 Å². The number of benzene rings is 1. The third-order valence-electron chi connectivity index (χ3n) is 4.75. The molecule has 3 aromatic rings. The maximum atomic E-state index is 12.8. The largest absolute Gasteiger partial charge is 0.344 e. The Morgan fingerprint density at radius 2 is 2.22 bits per heavy atom. The maximum Gasteiger partial charge on any atom is 0.268 e. The second kappa shape index (κ2) is 5.85. The number of nitrogens with zero attached hydrogens (tertiary/aromatic N) is 1. The molecular formula is C19H20N2OS. The van der Waals surface area contributed by atoms with E-state index in [2.05, 4.69) is 52.5 Å². The predicted molar refractivity (Wildman–Crippen MR) is 95.1 cm³/mol. The first kappa shape index (κ1) is 14.5. The van der Waals surface area contributed by atoms with Crippen LogP contribution in [-0.2, 0) is 13.0 Å². The average Bonchev–Trinajstić information content (AvgIpc) is 3.15. The molecule has 118 valence electrons. The fourth-order valence-corrected chi connectivity index (χ4v) is 4.46. The second-order valence-electron chi connectivity index (χ2n) is 6.06. The summed E-state index contributed by atoms with van der Waals surface area (Å²) in [7, 11) is 0.